The second kappa shape index (κ2) is 5.55. The SMILES string of the molecule is CCOc1ccc(/C=C2/Sc3ccccc3C2=O)cc1. The summed E-state index contributed by atoms with van der Waals surface area (Å²) in [5, 5.41) is 0. The van der Waals surface area contributed by atoms with E-state index in [2.05, 4.69) is 0 Å². The van der Waals surface area contributed by atoms with E-state index in [0.717, 1.165) is 26.7 Å². The van der Waals surface area contributed by atoms with Gasteiger partial charge in [-0.2, -0.15) is 0 Å². The Morgan fingerprint density at radius 3 is 2.55 bits per heavy atom. The summed E-state index contributed by atoms with van der Waals surface area (Å²) >= 11 is 1.53. The van der Waals surface area contributed by atoms with Crippen LogP contribution in [0.25, 0.3) is 6.08 Å². The number of hydrogen-bond donors (Lipinski definition) is 0. The maximum Gasteiger partial charge on any atom is 0.200 e. The van der Waals surface area contributed by atoms with Crippen LogP contribution in [0.1, 0.15) is 22.8 Å². The van der Waals surface area contributed by atoms with E-state index in [1.807, 2.05) is 61.5 Å². The molecule has 0 unspecified atom stereocenters. The Kier molecular flexibility index (Phi) is 3.61. The molecule has 3 heteroatoms. The van der Waals surface area contributed by atoms with Crippen molar-refractivity contribution in [3.63, 3.8) is 0 Å². The monoisotopic (exact) mass is 282 g/mol. The normalized spacial score (nSPS) is 15.4. The first-order valence-electron chi connectivity index (χ1n) is 6.54. The van der Waals surface area contributed by atoms with E-state index in [1.54, 1.807) is 0 Å². The summed E-state index contributed by atoms with van der Waals surface area (Å²) in [7, 11) is 0. The van der Waals surface area contributed by atoms with E-state index < -0.39 is 0 Å². The first-order valence-corrected chi connectivity index (χ1v) is 7.35. The van der Waals surface area contributed by atoms with Crippen molar-refractivity contribution in [2.45, 2.75) is 11.8 Å². The topological polar surface area (TPSA) is 26.3 Å². The molecule has 0 aliphatic carbocycles. The maximum absolute atomic E-state index is 12.3. The van der Waals surface area contributed by atoms with Crippen LogP contribution in [0.5, 0.6) is 5.75 Å². The van der Waals surface area contributed by atoms with Gasteiger partial charge in [0.2, 0.25) is 5.78 Å². The van der Waals surface area contributed by atoms with Crippen molar-refractivity contribution in [1.82, 2.24) is 0 Å². The number of Topliss-reactive ketones (excluding diaryl/α,β-unsaturated/α-hetero) is 1. The van der Waals surface area contributed by atoms with Crippen LogP contribution in [0.4, 0.5) is 0 Å². The third-order valence-electron chi connectivity index (χ3n) is 3.06. The zero-order chi connectivity index (χ0) is 13.9. The number of carbonyl (C=O) groups excluding carboxylic acids is 1. The van der Waals surface area contributed by atoms with Crippen molar-refractivity contribution in [3.8, 4) is 5.75 Å². The molecular formula is C17H14O2S. The molecule has 2 aromatic carbocycles. The summed E-state index contributed by atoms with van der Waals surface area (Å²) in [6.07, 6.45) is 1.93. The number of fused-ring (bicyclic) bond motifs is 1. The fourth-order valence-corrected chi connectivity index (χ4v) is 3.17. The molecular weight excluding hydrogens is 268 g/mol. The number of carbonyl (C=O) groups is 1. The van der Waals surface area contributed by atoms with Gasteiger partial charge in [0.05, 0.1) is 11.5 Å². The summed E-state index contributed by atoms with van der Waals surface area (Å²) in [4.78, 5) is 14.1. The van der Waals surface area contributed by atoms with Gasteiger partial charge in [0, 0.05) is 10.5 Å². The van der Waals surface area contributed by atoms with Gasteiger partial charge in [0.1, 0.15) is 5.75 Å². The van der Waals surface area contributed by atoms with E-state index in [4.69, 9.17) is 4.74 Å². The number of allylic oxidation sites excluding steroid dienone is 1. The molecule has 2 nitrogen and oxygen atoms in total. The van der Waals surface area contributed by atoms with Crippen molar-refractivity contribution in [3.05, 3.63) is 64.6 Å². The standard InChI is InChI=1S/C17H14O2S/c1-2-19-13-9-7-12(8-10-13)11-16-17(18)14-5-3-4-6-15(14)20-16/h3-11H,2H2,1H3/b16-11+. The molecule has 0 radical (unpaired) electrons. The number of hydrogen-bond acceptors (Lipinski definition) is 3. The van der Waals surface area contributed by atoms with Gasteiger partial charge in [-0.25, -0.2) is 0 Å². The highest BCUT2D eigenvalue weighted by Crippen LogP contribution is 2.40. The highest BCUT2D eigenvalue weighted by molar-refractivity contribution is 8.04. The molecule has 1 heterocycles. The Labute approximate surface area is 122 Å². The minimum atomic E-state index is 0.111. The van der Waals surface area contributed by atoms with Crippen LogP contribution in [-0.4, -0.2) is 12.4 Å². The molecule has 3 rings (SSSR count). The molecule has 0 bridgehead atoms. The van der Waals surface area contributed by atoms with Gasteiger partial charge >= 0.3 is 0 Å². The summed E-state index contributed by atoms with van der Waals surface area (Å²) in [6.45, 7) is 2.62. The van der Waals surface area contributed by atoms with Gasteiger partial charge in [0.25, 0.3) is 0 Å². The Morgan fingerprint density at radius 1 is 1.10 bits per heavy atom. The zero-order valence-electron chi connectivity index (χ0n) is 11.1. The molecule has 0 N–H and O–H groups in total. The molecule has 20 heavy (non-hydrogen) atoms. The minimum Gasteiger partial charge on any atom is -0.494 e. The fourth-order valence-electron chi connectivity index (χ4n) is 2.11. The molecule has 1 aliphatic rings. The third-order valence-corrected chi connectivity index (χ3v) is 4.16. The summed E-state index contributed by atoms with van der Waals surface area (Å²) in [5.41, 5.74) is 1.81. The Balaban J connectivity index is 1.85. The number of ether oxygens (including phenoxy) is 1. The van der Waals surface area contributed by atoms with Gasteiger partial charge < -0.3 is 4.74 Å². The number of rotatable bonds is 3. The lowest BCUT2D eigenvalue weighted by molar-refractivity contribution is 0.104. The molecule has 0 amide bonds. The first kappa shape index (κ1) is 13.0. The predicted molar refractivity (Wildman–Crippen MR) is 82.2 cm³/mol. The lowest BCUT2D eigenvalue weighted by Crippen LogP contribution is -1.93. The van der Waals surface area contributed by atoms with Gasteiger partial charge in [-0.15, -0.1) is 0 Å². The van der Waals surface area contributed by atoms with E-state index >= 15 is 0 Å². The van der Waals surface area contributed by atoms with Crippen LogP contribution in [-0.2, 0) is 0 Å². The smallest absolute Gasteiger partial charge is 0.200 e. The number of thioether (sulfide) groups is 1. The molecule has 0 atom stereocenters. The number of ketones is 1. The van der Waals surface area contributed by atoms with Crippen LogP contribution in [0.2, 0.25) is 0 Å². The maximum atomic E-state index is 12.3. The van der Waals surface area contributed by atoms with Crippen molar-refractivity contribution in [2.24, 2.45) is 0 Å². The molecule has 100 valence electrons. The Hall–Kier alpha value is -2.00. The fraction of sp³-hybridized carbons (Fsp3) is 0.118. The second-order valence-electron chi connectivity index (χ2n) is 4.44. The van der Waals surface area contributed by atoms with Crippen molar-refractivity contribution < 1.29 is 9.53 Å². The zero-order valence-corrected chi connectivity index (χ0v) is 11.9. The highest BCUT2D eigenvalue weighted by Gasteiger charge is 2.24. The van der Waals surface area contributed by atoms with Gasteiger partial charge in [-0.05, 0) is 42.8 Å². The average molecular weight is 282 g/mol. The lowest BCUT2D eigenvalue weighted by atomic mass is 10.1. The summed E-state index contributed by atoms with van der Waals surface area (Å²) in [6, 6.07) is 15.5. The number of benzene rings is 2. The van der Waals surface area contributed by atoms with Gasteiger partial charge in [-0.3, -0.25) is 4.79 Å². The van der Waals surface area contributed by atoms with Crippen molar-refractivity contribution in [1.29, 1.82) is 0 Å². The van der Waals surface area contributed by atoms with Crippen molar-refractivity contribution >= 4 is 23.6 Å². The Bertz CT molecular complexity index is 672. The molecule has 2 aromatic rings. The van der Waals surface area contributed by atoms with Crippen LogP contribution in [0.3, 0.4) is 0 Å². The van der Waals surface area contributed by atoms with E-state index in [1.165, 1.54) is 11.8 Å². The van der Waals surface area contributed by atoms with E-state index in [9.17, 15) is 4.79 Å². The molecule has 0 fully saturated rings. The van der Waals surface area contributed by atoms with Crippen LogP contribution >= 0.6 is 11.8 Å². The Morgan fingerprint density at radius 2 is 1.85 bits per heavy atom. The molecule has 1 aliphatic heterocycles. The van der Waals surface area contributed by atoms with Crippen LogP contribution in [0, 0.1) is 0 Å². The highest BCUT2D eigenvalue weighted by atomic mass is 32.2. The largest absolute Gasteiger partial charge is 0.494 e. The second-order valence-corrected chi connectivity index (χ2v) is 5.52. The van der Waals surface area contributed by atoms with Crippen LogP contribution in [0.15, 0.2) is 58.3 Å². The molecule has 0 saturated carbocycles. The first-order chi connectivity index (χ1) is 9.78. The van der Waals surface area contributed by atoms with E-state index in [-0.39, 0.29) is 5.78 Å². The lowest BCUT2D eigenvalue weighted by Gasteiger charge is -2.02. The molecule has 0 aromatic heterocycles. The van der Waals surface area contributed by atoms with Crippen molar-refractivity contribution in [2.75, 3.05) is 6.61 Å². The van der Waals surface area contributed by atoms with E-state index in [0.29, 0.717) is 6.61 Å². The third kappa shape index (κ3) is 2.49. The molecule has 0 saturated heterocycles. The summed E-state index contributed by atoms with van der Waals surface area (Å²) < 4.78 is 5.41. The van der Waals surface area contributed by atoms with Crippen LogP contribution < -0.4 is 4.74 Å². The van der Waals surface area contributed by atoms with Gasteiger partial charge in [0.15, 0.2) is 0 Å². The minimum absolute atomic E-state index is 0.111. The summed E-state index contributed by atoms with van der Waals surface area (Å²) in [5.74, 6) is 0.961. The van der Waals surface area contributed by atoms with Gasteiger partial charge in [-0.1, -0.05) is 36.0 Å². The average Bonchev–Trinajstić information content (AvgIpc) is 2.79. The predicted octanol–water partition coefficient (Wildman–Crippen LogP) is 4.41. The quantitative estimate of drug-likeness (QED) is 0.780. The molecule has 0 spiro atoms.